The summed E-state index contributed by atoms with van der Waals surface area (Å²) >= 11 is 6.27. The van der Waals surface area contributed by atoms with Crippen molar-refractivity contribution in [3.05, 3.63) is 35.1 Å². The molecule has 104 valence electrons. The van der Waals surface area contributed by atoms with Crippen LogP contribution in [0, 0.1) is 0 Å². The molecule has 2 heterocycles. The monoisotopic (exact) mass is 283 g/mol. The van der Waals surface area contributed by atoms with E-state index >= 15 is 0 Å². The van der Waals surface area contributed by atoms with Crippen molar-refractivity contribution in [2.24, 2.45) is 0 Å². The minimum Gasteiger partial charge on any atom is -0.383 e. The van der Waals surface area contributed by atoms with Crippen LogP contribution in [0.5, 0.6) is 0 Å². The number of methoxy groups -OCH3 is 1. The summed E-state index contributed by atoms with van der Waals surface area (Å²) in [5, 5.41) is 8.28. The van der Waals surface area contributed by atoms with Crippen molar-refractivity contribution in [3.63, 3.8) is 0 Å². The maximum Gasteiger partial charge on any atom is 0.129 e. The molecule has 2 N–H and O–H groups in total. The topological polar surface area (TPSA) is 67.8 Å². The molecule has 2 aromatic heterocycles. The van der Waals surface area contributed by atoms with E-state index in [4.69, 9.17) is 16.3 Å². The summed E-state index contributed by atoms with van der Waals surface area (Å²) < 4.78 is 6.94. The molecule has 1 atom stereocenters. The van der Waals surface area contributed by atoms with Crippen molar-refractivity contribution in [1.29, 1.82) is 0 Å². The quantitative estimate of drug-likeness (QED) is 0.810. The lowest BCUT2D eigenvalue weighted by Crippen LogP contribution is -2.26. The van der Waals surface area contributed by atoms with Crippen molar-refractivity contribution in [2.45, 2.75) is 19.5 Å². The average Bonchev–Trinajstić information content (AvgIpc) is 3.04. The third kappa shape index (κ3) is 3.15. The summed E-state index contributed by atoms with van der Waals surface area (Å²) in [6, 6.07) is -0.105. The predicted molar refractivity (Wildman–Crippen MR) is 73.2 cm³/mol. The van der Waals surface area contributed by atoms with Crippen LogP contribution >= 0.6 is 11.6 Å². The first-order valence-electron chi connectivity index (χ1n) is 6.20. The highest BCUT2D eigenvalue weighted by Gasteiger charge is 2.23. The van der Waals surface area contributed by atoms with E-state index in [1.54, 1.807) is 25.7 Å². The van der Waals surface area contributed by atoms with Gasteiger partial charge in [-0.25, -0.2) is 4.98 Å². The van der Waals surface area contributed by atoms with Crippen LogP contribution < -0.4 is 5.32 Å². The number of aromatic nitrogens is 4. The van der Waals surface area contributed by atoms with Gasteiger partial charge in [0.25, 0.3) is 0 Å². The Morgan fingerprint density at radius 3 is 3.05 bits per heavy atom. The number of hydrogen-bond acceptors (Lipinski definition) is 4. The van der Waals surface area contributed by atoms with Crippen LogP contribution in [0.3, 0.4) is 0 Å². The van der Waals surface area contributed by atoms with Crippen molar-refractivity contribution >= 4 is 11.6 Å². The molecule has 2 rings (SSSR count). The van der Waals surface area contributed by atoms with Crippen LogP contribution in [-0.2, 0) is 11.3 Å². The number of aromatic amines is 1. The molecule has 0 saturated carbocycles. The molecule has 0 saturated heterocycles. The molecule has 6 nitrogen and oxygen atoms in total. The Morgan fingerprint density at radius 2 is 2.42 bits per heavy atom. The van der Waals surface area contributed by atoms with Crippen molar-refractivity contribution in [1.82, 2.24) is 25.1 Å². The zero-order valence-corrected chi connectivity index (χ0v) is 11.8. The van der Waals surface area contributed by atoms with Gasteiger partial charge in [0.15, 0.2) is 0 Å². The van der Waals surface area contributed by atoms with Gasteiger partial charge in [-0.05, 0) is 6.54 Å². The molecule has 2 aromatic rings. The van der Waals surface area contributed by atoms with Crippen molar-refractivity contribution in [2.75, 3.05) is 20.3 Å². The summed E-state index contributed by atoms with van der Waals surface area (Å²) in [6.07, 6.45) is 5.17. The summed E-state index contributed by atoms with van der Waals surface area (Å²) in [7, 11) is 1.67. The van der Waals surface area contributed by atoms with Crippen LogP contribution in [0.25, 0.3) is 0 Å². The number of rotatable bonds is 7. The lowest BCUT2D eigenvalue weighted by molar-refractivity contribution is 0.182. The Hall–Kier alpha value is -1.37. The highest BCUT2D eigenvalue weighted by Crippen LogP contribution is 2.26. The zero-order chi connectivity index (χ0) is 13.7. The maximum atomic E-state index is 6.27. The minimum atomic E-state index is -0.105. The van der Waals surface area contributed by atoms with E-state index < -0.39 is 0 Å². The van der Waals surface area contributed by atoms with Gasteiger partial charge in [-0.1, -0.05) is 18.5 Å². The van der Waals surface area contributed by atoms with Gasteiger partial charge in [-0.15, -0.1) is 0 Å². The Bertz CT molecular complexity index is 496. The Morgan fingerprint density at radius 1 is 1.58 bits per heavy atom. The molecule has 0 aliphatic heterocycles. The van der Waals surface area contributed by atoms with Gasteiger partial charge in [0.2, 0.25) is 0 Å². The molecule has 1 unspecified atom stereocenters. The normalized spacial score (nSPS) is 12.8. The number of nitrogens with one attached hydrogen (secondary N) is 2. The number of halogens is 1. The maximum absolute atomic E-state index is 6.27. The van der Waals surface area contributed by atoms with Gasteiger partial charge in [0.05, 0.1) is 30.1 Å². The summed E-state index contributed by atoms with van der Waals surface area (Å²) in [6.45, 7) is 4.08. The SMILES string of the molecule is CCNC(c1ncc[nH]1)c1c(Cl)cnn1CCOC. The van der Waals surface area contributed by atoms with Crippen molar-refractivity contribution < 1.29 is 4.74 Å². The Kier molecular flexibility index (Phi) is 4.95. The Balaban J connectivity index is 2.33. The van der Waals surface area contributed by atoms with Crippen molar-refractivity contribution in [3.8, 4) is 0 Å². The molecule has 0 aliphatic carbocycles. The highest BCUT2D eigenvalue weighted by atomic mass is 35.5. The van der Waals surface area contributed by atoms with E-state index in [0.717, 1.165) is 18.1 Å². The summed E-state index contributed by atoms with van der Waals surface area (Å²) in [4.78, 5) is 7.42. The fourth-order valence-corrected chi connectivity index (χ4v) is 2.23. The molecule has 0 amide bonds. The van der Waals surface area contributed by atoms with E-state index in [1.807, 2.05) is 11.6 Å². The molecule has 7 heteroatoms. The molecule has 0 radical (unpaired) electrons. The second-order valence-corrected chi connectivity index (χ2v) is 4.47. The minimum absolute atomic E-state index is 0.105. The molecule has 19 heavy (non-hydrogen) atoms. The average molecular weight is 284 g/mol. The lowest BCUT2D eigenvalue weighted by Gasteiger charge is -2.18. The predicted octanol–water partition coefficient (Wildman–Crippen LogP) is 1.60. The van der Waals surface area contributed by atoms with Gasteiger partial charge in [0, 0.05) is 19.5 Å². The first kappa shape index (κ1) is 14.0. The summed E-state index contributed by atoms with van der Waals surface area (Å²) in [5.74, 6) is 0.822. The van der Waals surface area contributed by atoms with Crippen LogP contribution in [0.4, 0.5) is 0 Å². The van der Waals surface area contributed by atoms with Crippen LogP contribution in [-0.4, -0.2) is 40.0 Å². The molecular weight excluding hydrogens is 266 g/mol. The first-order valence-corrected chi connectivity index (χ1v) is 6.58. The van der Waals surface area contributed by atoms with E-state index in [0.29, 0.717) is 18.2 Å². The first-order chi connectivity index (χ1) is 9.27. The fraction of sp³-hybridized carbons (Fsp3) is 0.500. The zero-order valence-electron chi connectivity index (χ0n) is 11.1. The van der Waals surface area contributed by atoms with Crippen LogP contribution in [0.15, 0.2) is 18.6 Å². The van der Waals surface area contributed by atoms with Crippen LogP contribution in [0.2, 0.25) is 5.02 Å². The number of imidazole rings is 1. The smallest absolute Gasteiger partial charge is 0.129 e. The van der Waals surface area contributed by atoms with E-state index in [1.165, 1.54) is 0 Å². The number of hydrogen-bond donors (Lipinski definition) is 2. The highest BCUT2D eigenvalue weighted by molar-refractivity contribution is 6.31. The number of H-pyrrole nitrogens is 1. The number of nitrogens with zero attached hydrogens (tertiary/aromatic N) is 3. The Labute approximate surface area is 117 Å². The molecule has 0 bridgehead atoms. The third-order valence-electron chi connectivity index (χ3n) is 2.81. The summed E-state index contributed by atoms with van der Waals surface area (Å²) in [5.41, 5.74) is 0.899. The van der Waals surface area contributed by atoms with E-state index in [9.17, 15) is 0 Å². The van der Waals surface area contributed by atoms with Crippen LogP contribution in [0.1, 0.15) is 24.5 Å². The lowest BCUT2D eigenvalue weighted by atomic mass is 10.2. The molecule has 0 spiro atoms. The molecule has 0 fully saturated rings. The third-order valence-corrected chi connectivity index (χ3v) is 3.11. The number of ether oxygens (including phenoxy) is 1. The van der Waals surface area contributed by atoms with Gasteiger partial charge < -0.3 is 15.0 Å². The fourth-order valence-electron chi connectivity index (χ4n) is 1.98. The van der Waals surface area contributed by atoms with Gasteiger partial charge in [-0.2, -0.15) is 5.10 Å². The van der Waals surface area contributed by atoms with E-state index in [2.05, 4.69) is 20.4 Å². The van der Waals surface area contributed by atoms with Gasteiger partial charge in [0.1, 0.15) is 11.9 Å². The largest absolute Gasteiger partial charge is 0.383 e. The molecule has 0 aliphatic rings. The second kappa shape index (κ2) is 6.70. The second-order valence-electron chi connectivity index (χ2n) is 4.06. The molecule has 0 aromatic carbocycles. The molecular formula is C12H18ClN5O. The van der Waals surface area contributed by atoms with Gasteiger partial charge >= 0.3 is 0 Å². The van der Waals surface area contributed by atoms with E-state index in [-0.39, 0.29) is 6.04 Å². The van der Waals surface area contributed by atoms with Gasteiger partial charge in [-0.3, -0.25) is 4.68 Å². The standard InChI is InChI=1S/C12H18ClN5O/c1-3-14-10(12-15-4-5-16-12)11-9(13)8-17-18(11)6-7-19-2/h4-5,8,10,14H,3,6-7H2,1-2H3,(H,15,16).